The molecule has 6 heteroatoms. The Hall–Kier alpha value is -0.370. The third kappa shape index (κ3) is 6.88. The van der Waals surface area contributed by atoms with Crippen molar-refractivity contribution in [3.63, 3.8) is 0 Å². The Bertz CT molecular complexity index is 440. The SMILES string of the molecule is CCNC(=NCc1ccc(Br)c(F)c1)NC(C)CC.I. The summed E-state index contributed by atoms with van der Waals surface area (Å²) in [5.74, 6) is 0.507. The molecule has 20 heavy (non-hydrogen) atoms. The first-order valence-corrected chi connectivity index (χ1v) is 7.34. The highest BCUT2D eigenvalue weighted by Gasteiger charge is 2.03. The lowest BCUT2D eigenvalue weighted by atomic mass is 10.2. The van der Waals surface area contributed by atoms with Crippen molar-refractivity contribution in [2.24, 2.45) is 4.99 Å². The summed E-state index contributed by atoms with van der Waals surface area (Å²) in [4.78, 5) is 4.45. The summed E-state index contributed by atoms with van der Waals surface area (Å²) in [5.41, 5.74) is 0.849. The lowest BCUT2D eigenvalue weighted by molar-refractivity contribution is 0.617. The molecule has 0 radical (unpaired) electrons. The van der Waals surface area contributed by atoms with Crippen LogP contribution in [0.1, 0.15) is 32.8 Å². The van der Waals surface area contributed by atoms with Gasteiger partial charge in [-0.25, -0.2) is 9.38 Å². The van der Waals surface area contributed by atoms with Gasteiger partial charge in [-0.3, -0.25) is 0 Å². The number of nitrogens with zero attached hydrogens (tertiary/aromatic N) is 1. The minimum Gasteiger partial charge on any atom is -0.357 e. The lowest BCUT2D eigenvalue weighted by Gasteiger charge is -2.16. The van der Waals surface area contributed by atoms with Crippen molar-refractivity contribution in [2.75, 3.05) is 6.54 Å². The number of benzene rings is 1. The van der Waals surface area contributed by atoms with Gasteiger partial charge in [0.15, 0.2) is 5.96 Å². The van der Waals surface area contributed by atoms with Crippen LogP contribution in [0.15, 0.2) is 27.7 Å². The van der Waals surface area contributed by atoms with Crippen molar-refractivity contribution in [1.29, 1.82) is 0 Å². The molecule has 2 N–H and O–H groups in total. The zero-order valence-corrected chi connectivity index (χ0v) is 16.0. The number of nitrogens with one attached hydrogen (secondary N) is 2. The van der Waals surface area contributed by atoms with Crippen LogP contribution in [0, 0.1) is 5.82 Å². The number of rotatable bonds is 5. The van der Waals surface area contributed by atoms with E-state index in [0.29, 0.717) is 17.1 Å². The summed E-state index contributed by atoms with van der Waals surface area (Å²) in [6.45, 7) is 7.50. The molecule has 1 aromatic rings. The number of hydrogen-bond donors (Lipinski definition) is 2. The van der Waals surface area contributed by atoms with E-state index in [-0.39, 0.29) is 29.8 Å². The van der Waals surface area contributed by atoms with Crippen molar-refractivity contribution < 1.29 is 4.39 Å². The normalized spacial score (nSPS) is 12.6. The summed E-state index contributed by atoms with van der Waals surface area (Å²) in [7, 11) is 0. The predicted molar refractivity (Wildman–Crippen MR) is 97.2 cm³/mol. The van der Waals surface area contributed by atoms with E-state index in [4.69, 9.17) is 0 Å². The molecule has 0 saturated heterocycles. The van der Waals surface area contributed by atoms with Crippen molar-refractivity contribution in [3.05, 3.63) is 34.1 Å². The Morgan fingerprint density at radius 1 is 1.40 bits per heavy atom. The van der Waals surface area contributed by atoms with Gasteiger partial charge in [0, 0.05) is 12.6 Å². The minimum absolute atomic E-state index is 0. The molecular weight excluding hydrogens is 436 g/mol. The van der Waals surface area contributed by atoms with E-state index < -0.39 is 0 Å². The zero-order valence-electron chi connectivity index (χ0n) is 12.0. The Balaban J connectivity index is 0.00000361. The molecule has 0 spiro atoms. The average Bonchev–Trinajstić information content (AvgIpc) is 2.40. The van der Waals surface area contributed by atoms with E-state index in [1.807, 2.05) is 13.0 Å². The van der Waals surface area contributed by atoms with Gasteiger partial charge in [0.25, 0.3) is 0 Å². The van der Waals surface area contributed by atoms with Crippen LogP contribution in [0.5, 0.6) is 0 Å². The fourth-order valence-corrected chi connectivity index (χ4v) is 1.71. The quantitative estimate of drug-likeness (QED) is 0.397. The van der Waals surface area contributed by atoms with Gasteiger partial charge in [-0.1, -0.05) is 13.0 Å². The van der Waals surface area contributed by atoms with Crippen molar-refractivity contribution in [2.45, 2.75) is 39.8 Å². The first kappa shape index (κ1) is 19.6. The second-order valence-corrected chi connectivity index (χ2v) is 5.25. The Morgan fingerprint density at radius 2 is 2.10 bits per heavy atom. The summed E-state index contributed by atoms with van der Waals surface area (Å²) >= 11 is 3.14. The molecule has 114 valence electrons. The highest BCUT2D eigenvalue weighted by Crippen LogP contribution is 2.16. The van der Waals surface area contributed by atoms with Gasteiger partial charge in [0.05, 0.1) is 11.0 Å². The maximum Gasteiger partial charge on any atom is 0.191 e. The van der Waals surface area contributed by atoms with E-state index in [1.165, 1.54) is 6.07 Å². The van der Waals surface area contributed by atoms with Crippen molar-refractivity contribution in [1.82, 2.24) is 10.6 Å². The van der Waals surface area contributed by atoms with Crippen LogP contribution in [0.3, 0.4) is 0 Å². The zero-order chi connectivity index (χ0) is 14.3. The van der Waals surface area contributed by atoms with Crippen LogP contribution in [0.4, 0.5) is 4.39 Å². The highest BCUT2D eigenvalue weighted by atomic mass is 127. The fourth-order valence-electron chi connectivity index (χ4n) is 1.46. The maximum absolute atomic E-state index is 13.4. The summed E-state index contributed by atoms with van der Waals surface area (Å²) in [5, 5.41) is 6.48. The predicted octanol–water partition coefficient (Wildman–Crippen LogP) is 4.06. The van der Waals surface area contributed by atoms with E-state index in [9.17, 15) is 4.39 Å². The summed E-state index contributed by atoms with van der Waals surface area (Å²) < 4.78 is 13.9. The van der Waals surface area contributed by atoms with Crippen LogP contribution in [0.2, 0.25) is 0 Å². The van der Waals surface area contributed by atoms with E-state index in [2.05, 4.69) is 45.4 Å². The van der Waals surface area contributed by atoms with Crippen molar-refractivity contribution >= 4 is 45.9 Å². The average molecular weight is 458 g/mol. The first-order valence-electron chi connectivity index (χ1n) is 6.55. The Morgan fingerprint density at radius 3 is 2.65 bits per heavy atom. The molecule has 0 aliphatic heterocycles. The van der Waals surface area contributed by atoms with Gasteiger partial charge in [0.2, 0.25) is 0 Å². The number of halogens is 3. The molecule has 1 rings (SSSR count). The molecule has 0 aliphatic rings. The maximum atomic E-state index is 13.4. The molecule has 0 fully saturated rings. The van der Waals surface area contributed by atoms with Gasteiger partial charge >= 0.3 is 0 Å². The third-order valence-electron chi connectivity index (χ3n) is 2.74. The van der Waals surface area contributed by atoms with E-state index in [0.717, 1.165) is 24.5 Å². The highest BCUT2D eigenvalue weighted by molar-refractivity contribution is 14.0. The molecule has 1 unspecified atom stereocenters. The molecule has 3 nitrogen and oxygen atoms in total. The fraction of sp³-hybridized carbons (Fsp3) is 0.500. The molecular formula is C14H22BrFIN3. The molecule has 0 bridgehead atoms. The summed E-state index contributed by atoms with van der Waals surface area (Å²) in [6.07, 6.45) is 1.03. The van der Waals surface area contributed by atoms with E-state index >= 15 is 0 Å². The molecule has 0 saturated carbocycles. The van der Waals surface area contributed by atoms with Crippen LogP contribution >= 0.6 is 39.9 Å². The molecule has 0 amide bonds. The van der Waals surface area contributed by atoms with Crippen LogP contribution in [0.25, 0.3) is 0 Å². The monoisotopic (exact) mass is 457 g/mol. The van der Waals surface area contributed by atoms with Gasteiger partial charge in [-0.05, 0) is 53.9 Å². The van der Waals surface area contributed by atoms with Gasteiger partial charge in [-0.15, -0.1) is 24.0 Å². The minimum atomic E-state index is -0.257. The van der Waals surface area contributed by atoms with Gasteiger partial charge in [0.1, 0.15) is 5.82 Å². The molecule has 0 aliphatic carbocycles. The largest absolute Gasteiger partial charge is 0.357 e. The molecule has 1 aromatic carbocycles. The van der Waals surface area contributed by atoms with Gasteiger partial charge < -0.3 is 10.6 Å². The number of aliphatic imine (C=N–C) groups is 1. The number of hydrogen-bond acceptors (Lipinski definition) is 1. The van der Waals surface area contributed by atoms with Gasteiger partial charge in [-0.2, -0.15) is 0 Å². The summed E-state index contributed by atoms with van der Waals surface area (Å²) in [6, 6.07) is 5.43. The number of guanidine groups is 1. The third-order valence-corrected chi connectivity index (χ3v) is 3.39. The smallest absolute Gasteiger partial charge is 0.191 e. The van der Waals surface area contributed by atoms with E-state index in [1.54, 1.807) is 6.07 Å². The van der Waals surface area contributed by atoms with Crippen LogP contribution in [-0.2, 0) is 6.54 Å². The second kappa shape index (κ2) is 10.4. The topological polar surface area (TPSA) is 36.4 Å². The van der Waals surface area contributed by atoms with Crippen LogP contribution < -0.4 is 10.6 Å². The van der Waals surface area contributed by atoms with Crippen LogP contribution in [-0.4, -0.2) is 18.5 Å². The second-order valence-electron chi connectivity index (χ2n) is 4.40. The molecule has 0 heterocycles. The lowest BCUT2D eigenvalue weighted by Crippen LogP contribution is -2.41. The molecule has 1 atom stereocenters. The Kier molecular flexibility index (Phi) is 10.2. The standard InChI is InChI=1S/C14H21BrFN3.HI/c1-4-10(3)19-14(17-5-2)18-9-11-6-7-12(15)13(16)8-11;/h6-8,10H,4-5,9H2,1-3H3,(H2,17,18,19);1H. The molecule has 0 aromatic heterocycles. The Labute approximate surface area is 146 Å². The van der Waals surface area contributed by atoms with Crippen molar-refractivity contribution in [3.8, 4) is 0 Å². The first-order chi connectivity index (χ1) is 9.06.